The second-order valence-electron chi connectivity index (χ2n) is 6.17. The van der Waals surface area contributed by atoms with E-state index in [1.807, 2.05) is 30.3 Å². The van der Waals surface area contributed by atoms with Crippen molar-refractivity contribution in [1.82, 2.24) is 0 Å². The molecule has 2 aromatic rings. The van der Waals surface area contributed by atoms with Gasteiger partial charge in [-0.2, -0.15) is 0 Å². The first-order chi connectivity index (χ1) is 10.6. The summed E-state index contributed by atoms with van der Waals surface area (Å²) in [6.45, 7) is 6.39. The van der Waals surface area contributed by atoms with Crippen molar-refractivity contribution in [2.75, 3.05) is 25.0 Å². The number of hydrogen-bond donors (Lipinski definition) is 2. The molecule has 4 nitrogen and oxygen atoms in total. The summed E-state index contributed by atoms with van der Waals surface area (Å²) in [7, 11) is 0. The molecule has 0 radical (unpaired) electrons. The SMILES string of the molecule is C[C@@H]1C[NH+](CC(=O)Nc2cccc3ccccc23)C[C@H](C)O1. The van der Waals surface area contributed by atoms with E-state index >= 15 is 0 Å². The van der Waals surface area contributed by atoms with E-state index in [0.29, 0.717) is 6.54 Å². The highest BCUT2D eigenvalue weighted by Crippen LogP contribution is 2.22. The highest BCUT2D eigenvalue weighted by Gasteiger charge is 2.27. The molecular weight excluding hydrogens is 276 g/mol. The molecule has 0 bridgehead atoms. The number of ether oxygens (including phenoxy) is 1. The van der Waals surface area contributed by atoms with Crippen LogP contribution in [0.1, 0.15) is 13.8 Å². The Morgan fingerprint density at radius 1 is 1.14 bits per heavy atom. The molecule has 1 fully saturated rings. The molecule has 3 rings (SSSR count). The first kappa shape index (κ1) is 15.0. The van der Waals surface area contributed by atoms with Crippen molar-refractivity contribution in [2.45, 2.75) is 26.1 Å². The van der Waals surface area contributed by atoms with E-state index in [1.165, 1.54) is 4.90 Å². The third kappa shape index (κ3) is 3.46. The van der Waals surface area contributed by atoms with Crippen LogP contribution in [-0.2, 0) is 9.53 Å². The van der Waals surface area contributed by atoms with Gasteiger partial charge in [-0.1, -0.05) is 36.4 Å². The fourth-order valence-electron chi connectivity index (χ4n) is 3.29. The lowest BCUT2D eigenvalue weighted by atomic mass is 10.1. The maximum Gasteiger partial charge on any atom is 0.279 e. The smallest absolute Gasteiger partial charge is 0.279 e. The van der Waals surface area contributed by atoms with E-state index in [4.69, 9.17) is 4.74 Å². The summed E-state index contributed by atoms with van der Waals surface area (Å²) in [5.41, 5.74) is 0.886. The molecule has 0 aromatic heterocycles. The van der Waals surface area contributed by atoms with Gasteiger partial charge in [0.05, 0.1) is 0 Å². The van der Waals surface area contributed by atoms with E-state index in [9.17, 15) is 4.79 Å². The second-order valence-corrected chi connectivity index (χ2v) is 6.17. The summed E-state index contributed by atoms with van der Waals surface area (Å²) in [6, 6.07) is 14.1. The molecule has 1 amide bonds. The van der Waals surface area contributed by atoms with Gasteiger partial charge in [0.1, 0.15) is 25.3 Å². The van der Waals surface area contributed by atoms with Crippen molar-refractivity contribution in [2.24, 2.45) is 0 Å². The monoisotopic (exact) mass is 299 g/mol. The first-order valence-electron chi connectivity index (χ1n) is 7.88. The Labute approximate surface area is 131 Å². The Morgan fingerprint density at radius 3 is 2.59 bits per heavy atom. The standard InChI is InChI=1S/C18H22N2O2/c1-13-10-20(11-14(2)22-13)12-18(21)19-17-9-5-7-15-6-3-4-8-16(15)17/h3-9,13-14H,10-12H2,1-2H3,(H,19,21)/p+1/t13-,14+. The van der Waals surface area contributed by atoms with Gasteiger partial charge in [0.15, 0.2) is 6.54 Å². The number of anilines is 1. The highest BCUT2D eigenvalue weighted by molar-refractivity contribution is 6.02. The van der Waals surface area contributed by atoms with Crippen LogP contribution in [0, 0.1) is 0 Å². The molecule has 22 heavy (non-hydrogen) atoms. The highest BCUT2D eigenvalue weighted by atomic mass is 16.5. The zero-order valence-electron chi connectivity index (χ0n) is 13.1. The zero-order valence-corrected chi connectivity index (χ0v) is 13.1. The average Bonchev–Trinajstić information content (AvgIpc) is 2.46. The quantitative estimate of drug-likeness (QED) is 0.901. The number of carbonyl (C=O) groups excluding carboxylic acids is 1. The van der Waals surface area contributed by atoms with Gasteiger partial charge in [-0.15, -0.1) is 0 Å². The maximum absolute atomic E-state index is 12.4. The fraction of sp³-hybridized carbons (Fsp3) is 0.389. The Balaban J connectivity index is 1.68. The van der Waals surface area contributed by atoms with Gasteiger partial charge in [-0.3, -0.25) is 4.79 Å². The largest absolute Gasteiger partial charge is 0.364 e. The molecule has 0 aliphatic carbocycles. The Bertz CT molecular complexity index is 656. The lowest BCUT2D eigenvalue weighted by Gasteiger charge is -2.31. The van der Waals surface area contributed by atoms with Gasteiger partial charge in [0.2, 0.25) is 0 Å². The van der Waals surface area contributed by atoms with Gasteiger partial charge in [-0.05, 0) is 25.3 Å². The van der Waals surface area contributed by atoms with Crippen LogP contribution in [0.15, 0.2) is 42.5 Å². The van der Waals surface area contributed by atoms with Crippen molar-refractivity contribution in [3.05, 3.63) is 42.5 Å². The second kappa shape index (κ2) is 6.46. The summed E-state index contributed by atoms with van der Waals surface area (Å²) < 4.78 is 5.72. The number of carbonyl (C=O) groups is 1. The molecule has 1 unspecified atom stereocenters. The van der Waals surface area contributed by atoms with Gasteiger partial charge >= 0.3 is 0 Å². The van der Waals surface area contributed by atoms with E-state index in [2.05, 4.69) is 31.3 Å². The Kier molecular flexibility index (Phi) is 4.41. The number of rotatable bonds is 3. The number of amides is 1. The predicted molar refractivity (Wildman–Crippen MR) is 88.2 cm³/mol. The van der Waals surface area contributed by atoms with Crippen LogP contribution < -0.4 is 10.2 Å². The van der Waals surface area contributed by atoms with Gasteiger partial charge < -0.3 is 15.0 Å². The summed E-state index contributed by atoms with van der Waals surface area (Å²) >= 11 is 0. The van der Waals surface area contributed by atoms with Crippen molar-refractivity contribution >= 4 is 22.4 Å². The summed E-state index contributed by atoms with van der Waals surface area (Å²) in [5, 5.41) is 5.28. The molecule has 1 aliphatic heterocycles. The van der Waals surface area contributed by atoms with Gasteiger partial charge in [0.25, 0.3) is 5.91 Å². The normalized spacial score (nSPS) is 25.1. The molecule has 1 heterocycles. The predicted octanol–water partition coefficient (Wildman–Crippen LogP) is 1.47. The Morgan fingerprint density at radius 2 is 1.82 bits per heavy atom. The number of hydrogen-bond acceptors (Lipinski definition) is 2. The van der Waals surface area contributed by atoms with Crippen LogP contribution in [0.5, 0.6) is 0 Å². The van der Waals surface area contributed by atoms with E-state index in [0.717, 1.165) is 29.5 Å². The third-order valence-electron chi connectivity index (χ3n) is 4.09. The lowest BCUT2D eigenvalue weighted by Crippen LogP contribution is -3.16. The first-order valence-corrected chi connectivity index (χ1v) is 7.88. The van der Waals surface area contributed by atoms with Crippen LogP contribution in [0.25, 0.3) is 10.8 Å². The molecule has 1 saturated heterocycles. The number of fused-ring (bicyclic) bond motifs is 1. The Hall–Kier alpha value is -1.91. The topological polar surface area (TPSA) is 42.8 Å². The van der Waals surface area contributed by atoms with Crippen LogP contribution in [0.4, 0.5) is 5.69 Å². The molecule has 116 valence electrons. The molecule has 2 aromatic carbocycles. The average molecular weight is 299 g/mol. The van der Waals surface area contributed by atoms with Crippen LogP contribution in [0.2, 0.25) is 0 Å². The van der Waals surface area contributed by atoms with Gasteiger partial charge in [-0.25, -0.2) is 0 Å². The zero-order chi connectivity index (χ0) is 15.5. The van der Waals surface area contributed by atoms with Crippen molar-refractivity contribution in [3.8, 4) is 0 Å². The number of quaternary nitrogens is 1. The molecular formula is C18H23N2O2+. The summed E-state index contributed by atoms with van der Waals surface area (Å²) in [4.78, 5) is 13.6. The minimum absolute atomic E-state index is 0.0626. The molecule has 2 N–H and O–H groups in total. The number of nitrogens with one attached hydrogen (secondary N) is 2. The molecule has 0 spiro atoms. The summed E-state index contributed by atoms with van der Waals surface area (Å²) in [6.07, 6.45) is 0.424. The minimum atomic E-state index is 0.0626. The van der Waals surface area contributed by atoms with Crippen LogP contribution in [0.3, 0.4) is 0 Å². The van der Waals surface area contributed by atoms with Crippen LogP contribution in [-0.4, -0.2) is 37.7 Å². The minimum Gasteiger partial charge on any atom is -0.364 e. The maximum atomic E-state index is 12.4. The van der Waals surface area contributed by atoms with E-state index < -0.39 is 0 Å². The number of benzene rings is 2. The van der Waals surface area contributed by atoms with Crippen molar-refractivity contribution in [3.63, 3.8) is 0 Å². The summed E-state index contributed by atoms with van der Waals surface area (Å²) in [5.74, 6) is 0.0626. The van der Waals surface area contributed by atoms with E-state index in [-0.39, 0.29) is 18.1 Å². The molecule has 4 heteroatoms. The third-order valence-corrected chi connectivity index (χ3v) is 4.09. The number of morpholine rings is 1. The van der Waals surface area contributed by atoms with Gasteiger partial charge in [0, 0.05) is 11.1 Å². The van der Waals surface area contributed by atoms with Crippen molar-refractivity contribution in [1.29, 1.82) is 0 Å². The van der Waals surface area contributed by atoms with Crippen molar-refractivity contribution < 1.29 is 14.4 Å². The lowest BCUT2D eigenvalue weighted by molar-refractivity contribution is -0.907. The van der Waals surface area contributed by atoms with E-state index in [1.54, 1.807) is 0 Å². The fourth-order valence-corrected chi connectivity index (χ4v) is 3.29. The molecule has 0 saturated carbocycles. The molecule has 1 aliphatic rings. The van der Waals surface area contributed by atoms with Crippen LogP contribution >= 0.6 is 0 Å². The molecule has 3 atom stereocenters.